The van der Waals surface area contributed by atoms with Crippen LogP contribution in [0, 0.1) is 11.8 Å². The average molecular weight is 244 g/mol. The van der Waals surface area contributed by atoms with Crippen LogP contribution in [0.1, 0.15) is 54.4 Å². The summed E-state index contributed by atoms with van der Waals surface area (Å²) in [5.74, 6) is 1.76. The Hall–Kier alpha value is 0.177. The lowest BCUT2D eigenvalue weighted by atomic mass is 10.2. The van der Waals surface area contributed by atoms with Crippen molar-refractivity contribution in [3.05, 3.63) is 0 Å². The van der Waals surface area contributed by atoms with Crippen LogP contribution in [-0.4, -0.2) is 26.6 Å². The van der Waals surface area contributed by atoms with Crippen LogP contribution in [0.4, 0.5) is 0 Å². The van der Waals surface area contributed by atoms with Crippen molar-refractivity contribution in [1.29, 1.82) is 0 Å². The van der Waals surface area contributed by atoms with Gasteiger partial charge in [-0.05, 0) is 37.0 Å². The first-order valence-electron chi connectivity index (χ1n) is 7.25. The van der Waals surface area contributed by atoms with Crippen LogP contribution in [0.5, 0.6) is 0 Å². The Kier molecular flexibility index (Phi) is 9.33. The minimum absolute atomic E-state index is 0.628. The maximum absolute atomic E-state index is 2.78. The normalized spacial score (nSPS) is 12.4. The predicted molar refractivity (Wildman–Crippen MR) is 78.6 cm³/mol. The minimum Gasteiger partial charge on any atom is -0.327 e. The Labute approximate surface area is 105 Å². The second-order valence-corrected chi connectivity index (χ2v) is 9.01. The van der Waals surface area contributed by atoms with E-state index >= 15 is 0 Å². The van der Waals surface area contributed by atoms with Crippen molar-refractivity contribution < 1.29 is 0 Å². The molecule has 0 aromatic rings. The zero-order valence-corrected chi connectivity index (χ0v) is 13.6. The molecule has 0 saturated carbocycles. The standard InChI is InChI=1S/C14H33NSi/c1-7-15(8-2)16(11-9-13(3)4)12-10-14(5)6/h13-14,16H,7-12H2,1-6H3. The second-order valence-electron chi connectivity index (χ2n) is 5.82. The quantitative estimate of drug-likeness (QED) is 0.550. The largest absolute Gasteiger partial charge is 0.327 e. The molecule has 0 aromatic carbocycles. The fourth-order valence-corrected chi connectivity index (χ4v) is 6.46. The summed E-state index contributed by atoms with van der Waals surface area (Å²) >= 11 is 0. The molecule has 2 heteroatoms. The van der Waals surface area contributed by atoms with Gasteiger partial charge >= 0.3 is 0 Å². The van der Waals surface area contributed by atoms with Gasteiger partial charge in [-0.15, -0.1) is 0 Å². The molecule has 16 heavy (non-hydrogen) atoms. The highest BCUT2D eigenvalue weighted by molar-refractivity contribution is 6.55. The Morgan fingerprint density at radius 2 is 1.19 bits per heavy atom. The summed E-state index contributed by atoms with van der Waals surface area (Å²) in [6.07, 6.45) is 2.87. The summed E-state index contributed by atoms with van der Waals surface area (Å²) in [6, 6.07) is 3.04. The van der Waals surface area contributed by atoms with Crippen molar-refractivity contribution in [2.75, 3.05) is 13.1 Å². The summed E-state index contributed by atoms with van der Waals surface area (Å²) in [4.78, 5) is 0. The molecule has 0 unspecified atom stereocenters. The fraction of sp³-hybridized carbons (Fsp3) is 1.00. The van der Waals surface area contributed by atoms with E-state index in [9.17, 15) is 0 Å². The fourth-order valence-electron chi connectivity index (χ4n) is 2.30. The maximum Gasteiger partial charge on any atom is 0.111 e. The number of hydrogen-bond acceptors (Lipinski definition) is 1. The van der Waals surface area contributed by atoms with Crippen LogP contribution in [0.25, 0.3) is 0 Å². The van der Waals surface area contributed by atoms with Gasteiger partial charge in [0.25, 0.3) is 0 Å². The molecule has 0 N–H and O–H groups in total. The van der Waals surface area contributed by atoms with Gasteiger partial charge in [0, 0.05) is 0 Å². The molecule has 0 aromatic heterocycles. The lowest BCUT2D eigenvalue weighted by Crippen LogP contribution is -2.39. The van der Waals surface area contributed by atoms with Crippen molar-refractivity contribution in [3.8, 4) is 0 Å². The molecule has 0 atom stereocenters. The minimum atomic E-state index is -0.628. The molecule has 0 saturated heterocycles. The highest BCUT2D eigenvalue weighted by atomic mass is 28.3. The molecule has 98 valence electrons. The molecular weight excluding hydrogens is 210 g/mol. The van der Waals surface area contributed by atoms with E-state index in [-0.39, 0.29) is 0 Å². The first-order valence-corrected chi connectivity index (χ1v) is 9.40. The molecular formula is C14H33NSi. The molecule has 0 aliphatic heterocycles. The first kappa shape index (κ1) is 16.2. The van der Waals surface area contributed by atoms with Crippen molar-refractivity contribution >= 4 is 8.96 Å². The summed E-state index contributed by atoms with van der Waals surface area (Å²) in [6.45, 7) is 16.6. The van der Waals surface area contributed by atoms with E-state index in [2.05, 4.69) is 46.1 Å². The summed E-state index contributed by atoms with van der Waals surface area (Å²) in [5.41, 5.74) is 0. The van der Waals surface area contributed by atoms with Crippen LogP contribution in [0.3, 0.4) is 0 Å². The van der Waals surface area contributed by atoms with Gasteiger partial charge in [0.2, 0.25) is 0 Å². The number of hydrogen-bond donors (Lipinski definition) is 0. The van der Waals surface area contributed by atoms with Crippen molar-refractivity contribution in [1.82, 2.24) is 4.57 Å². The summed E-state index contributed by atoms with van der Waals surface area (Å²) < 4.78 is 2.78. The summed E-state index contributed by atoms with van der Waals surface area (Å²) in [5, 5.41) is 0. The van der Waals surface area contributed by atoms with Gasteiger partial charge in [-0.3, -0.25) is 0 Å². The molecule has 0 aliphatic carbocycles. The molecule has 1 nitrogen and oxygen atoms in total. The van der Waals surface area contributed by atoms with E-state index in [4.69, 9.17) is 0 Å². The van der Waals surface area contributed by atoms with Crippen molar-refractivity contribution in [3.63, 3.8) is 0 Å². The molecule has 0 fully saturated rings. The highest BCUT2D eigenvalue weighted by Crippen LogP contribution is 2.17. The smallest absolute Gasteiger partial charge is 0.111 e. The van der Waals surface area contributed by atoms with Gasteiger partial charge in [0.1, 0.15) is 8.96 Å². The Balaban J connectivity index is 4.13. The predicted octanol–water partition coefficient (Wildman–Crippen LogP) is 4.14. The molecule has 0 amide bonds. The molecule has 0 aliphatic rings. The van der Waals surface area contributed by atoms with E-state index in [1.54, 1.807) is 0 Å². The van der Waals surface area contributed by atoms with Gasteiger partial charge in [-0.2, -0.15) is 0 Å². The van der Waals surface area contributed by atoms with Gasteiger partial charge < -0.3 is 4.57 Å². The van der Waals surface area contributed by atoms with Gasteiger partial charge in [0.15, 0.2) is 0 Å². The Morgan fingerprint density at radius 1 is 0.812 bits per heavy atom. The average Bonchev–Trinajstić information content (AvgIpc) is 2.22. The third-order valence-electron chi connectivity index (χ3n) is 3.48. The van der Waals surface area contributed by atoms with E-state index in [1.807, 2.05) is 0 Å². The van der Waals surface area contributed by atoms with E-state index in [0.717, 1.165) is 11.8 Å². The highest BCUT2D eigenvalue weighted by Gasteiger charge is 2.18. The van der Waals surface area contributed by atoms with Crippen LogP contribution in [0.2, 0.25) is 12.1 Å². The third-order valence-corrected chi connectivity index (χ3v) is 7.25. The second kappa shape index (κ2) is 9.23. The van der Waals surface area contributed by atoms with Crippen LogP contribution in [-0.2, 0) is 0 Å². The molecule has 0 radical (unpaired) electrons. The maximum atomic E-state index is 2.78. The lowest BCUT2D eigenvalue weighted by Gasteiger charge is -2.29. The molecule has 0 heterocycles. The van der Waals surface area contributed by atoms with Crippen molar-refractivity contribution in [2.45, 2.75) is 66.5 Å². The topological polar surface area (TPSA) is 3.24 Å². The zero-order chi connectivity index (χ0) is 12.6. The third kappa shape index (κ3) is 7.45. The van der Waals surface area contributed by atoms with Gasteiger partial charge in [-0.1, -0.05) is 54.4 Å². The molecule has 0 bridgehead atoms. The summed E-state index contributed by atoms with van der Waals surface area (Å²) in [7, 11) is -0.628. The first-order chi connectivity index (χ1) is 7.51. The van der Waals surface area contributed by atoms with E-state index < -0.39 is 8.96 Å². The Morgan fingerprint density at radius 3 is 1.44 bits per heavy atom. The molecule has 0 spiro atoms. The van der Waals surface area contributed by atoms with Crippen LogP contribution < -0.4 is 0 Å². The van der Waals surface area contributed by atoms with Crippen LogP contribution >= 0.6 is 0 Å². The number of rotatable bonds is 9. The number of nitrogens with zero attached hydrogens (tertiary/aromatic N) is 1. The van der Waals surface area contributed by atoms with Gasteiger partial charge in [-0.25, -0.2) is 0 Å². The van der Waals surface area contributed by atoms with E-state index in [1.165, 1.54) is 38.0 Å². The monoisotopic (exact) mass is 243 g/mol. The van der Waals surface area contributed by atoms with E-state index in [0.29, 0.717) is 0 Å². The van der Waals surface area contributed by atoms with Crippen molar-refractivity contribution in [2.24, 2.45) is 11.8 Å². The molecule has 0 rings (SSSR count). The lowest BCUT2D eigenvalue weighted by molar-refractivity contribution is 0.461. The Bertz CT molecular complexity index is 141. The van der Waals surface area contributed by atoms with Gasteiger partial charge in [0.05, 0.1) is 0 Å². The SMILES string of the molecule is CCN(CC)[SiH](CCC(C)C)CCC(C)C. The van der Waals surface area contributed by atoms with Crippen LogP contribution in [0.15, 0.2) is 0 Å². The zero-order valence-electron chi connectivity index (χ0n) is 12.4.